The van der Waals surface area contributed by atoms with Gasteiger partial charge in [0.2, 0.25) is 0 Å². The Morgan fingerprint density at radius 2 is 2.18 bits per heavy atom. The molecule has 1 saturated carbocycles. The van der Waals surface area contributed by atoms with Gasteiger partial charge in [-0.05, 0) is 74.0 Å². The molecule has 172 valence electrons. The van der Waals surface area contributed by atoms with Crippen LogP contribution in [0.4, 0.5) is 0 Å². The summed E-state index contributed by atoms with van der Waals surface area (Å²) in [5, 5.41) is 12.5. The summed E-state index contributed by atoms with van der Waals surface area (Å²) >= 11 is 0. The van der Waals surface area contributed by atoms with E-state index in [1.807, 2.05) is 11.6 Å². The highest BCUT2D eigenvalue weighted by molar-refractivity contribution is 5.80. The van der Waals surface area contributed by atoms with E-state index in [0.29, 0.717) is 18.9 Å². The monoisotopic (exact) mass is 444 g/mol. The average Bonchev–Trinajstić information content (AvgIpc) is 3.46. The first-order chi connectivity index (χ1) is 16.1. The molecule has 2 aliphatic rings. The van der Waals surface area contributed by atoms with Crippen molar-refractivity contribution in [1.82, 2.24) is 20.3 Å². The molecule has 0 radical (unpaired) electrons. The number of carbonyl (C=O) groups is 1. The molecular formula is C27H32N4O2. The zero-order valence-corrected chi connectivity index (χ0v) is 19.7. The van der Waals surface area contributed by atoms with E-state index in [1.165, 1.54) is 16.7 Å². The molecule has 2 unspecified atom stereocenters. The second-order valence-corrected chi connectivity index (χ2v) is 9.20. The lowest BCUT2D eigenvalue weighted by atomic mass is 9.83. The van der Waals surface area contributed by atoms with Crippen molar-refractivity contribution in [1.29, 1.82) is 0 Å². The van der Waals surface area contributed by atoms with Gasteiger partial charge in [-0.15, -0.1) is 5.10 Å². The third kappa shape index (κ3) is 4.32. The number of benzene rings is 2. The number of aromatic nitrogens is 3. The van der Waals surface area contributed by atoms with E-state index in [0.717, 1.165) is 60.2 Å². The van der Waals surface area contributed by atoms with Crippen molar-refractivity contribution in [2.24, 2.45) is 5.92 Å². The lowest BCUT2D eigenvalue weighted by Crippen LogP contribution is -2.24. The average molecular weight is 445 g/mol. The van der Waals surface area contributed by atoms with Gasteiger partial charge in [-0.1, -0.05) is 41.1 Å². The molecule has 0 amide bonds. The van der Waals surface area contributed by atoms with Gasteiger partial charge < -0.3 is 10.1 Å². The number of fused-ring (bicyclic) bond motifs is 2. The van der Waals surface area contributed by atoms with E-state index in [-0.39, 0.29) is 11.9 Å². The van der Waals surface area contributed by atoms with Crippen molar-refractivity contribution in [2.75, 3.05) is 13.2 Å². The topological polar surface area (TPSA) is 69.0 Å². The molecule has 6 nitrogen and oxygen atoms in total. The summed E-state index contributed by atoms with van der Waals surface area (Å²) in [6, 6.07) is 10.9. The smallest absolute Gasteiger partial charge is 0.306 e. The normalized spacial score (nSPS) is 19.5. The maximum atomic E-state index is 12.6. The molecule has 0 spiro atoms. The van der Waals surface area contributed by atoms with Crippen LogP contribution < -0.4 is 5.32 Å². The summed E-state index contributed by atoms with van der Waals surface area (Å²) in [5.41, 5.74) is 9.55. The third-order valence-corrected chi connectivity index (χ3v) is 7.16. The molecule has 0 saturated heterocycles. The standard InChI is InChI=1S/C27H32N4O2/c1-4-18-12-22(18)16-31-25-9-8-23(17(3)27(25)29-30-31)24(14-26(32)33-5-2)20-7-6-19-10-11-28-15-21(19)13-20/h4,6-9,13,22,24,28H,5,10-12,14-16H2,1-3H3/b18-4+. The number of hydrogen-bond acceptors (Lipinski definition) is 5. The van der Waals surface area contributed by atoms with Crippen LogP contribution in [0.2, 0.25) is 0 Å². The Kier molecular flexibility index (Phi) is 6.02. The van der Waals surface area contributed by atoms with Crippen LogP contribution >= 0.6 is 0 Å². The molecule has 2 aromatic carbocycles. The molecule has 33 heavy (non-hydrogen) atoms. The van der Waals surface area contributed by atoms with Gasteiger partial charge in [0.05, 0.1) is 25.1 Å². The van der Waals surface area contributed by atoms with Gasteiger partial charge in [0.15, 0.2) is 0 Å². The fraction of sp³-hybridized carbons (Fsp3) is 0.444. The molecule has 1 N–H and O–H groups in total. The fourth-order valence-electron chi connectivity index (χ4n) is 5.18. The largest absolute Gasteiger partial charge is 0.466 e. The summed E-state index contributed by atoms with van der Waals surface area (Å²) in [4.78, 5) is 12.6. The maximum absolute atomic E-state index is 12.6. The number of rotatable bonds is 7. The number of esters is 1. The summed E-state index contributed by atoms with van der Waals surface area (Å²) in [6.45, 7) is 9.21. The molecule has 1 aliphatic carbocycles. The molecule has 0 bridgehead atoms. The third-order valence-electron chi connectivity index (χ3n) is 7.16. The molecule has 6 heteroatoms. The minimum absolute atomic E-state index is 0.0797. The molecule has 1 fully saturated rings. The first-order valence-corrected chi connectivity index (χ1v) is 12.0. The molecule has 5 rings (SSSR count). The van der Waals surface area contributed by atoms with Gasteiger partial charge in [-0.25, -0.2) is 4.68 Å². The number of nitrogens with one attached hydrogen (secondary N) is 1. The number of hydrogen-bond donors (Lipinski definition) is 1. The molecule has 3 aromatic rings. The van der Waals surface area contributed by atoms with Gasteiger partial charge >= 0.3 is 5.97 Å². The van der Waals surface area contributed by atoms with E-state index in [1.54, 1.807) is 0 Å². The van der Waals surface area contributed by atoms with Crippen LogP contribution in [0.3, 0.4) is 0 Å². The first-order valence-electron chi connectivity index (χ1n) is 12.0. The van der Waals surface area contributed by atoms with Crippen LogP contribution in [0.5, 0.6) is 0 Å². The van der Waals surface area contributed by atoms with Gasteiger partial charge in [0, 0.05) is 18.4 Å². The summed E-state index contributed by atoms with van der Waals surface area (Å²) < 4.78 is 7.37. The van der Waals surface area contributed by atoms with E-state index >= 15 is 0 Å². The van der Waals surface area contributed by atoms with Crippen molar-refractivity contribution in [2.45, 2.75) is 59.0 Å². The molecule has 1 aromatic heterocycles. The fourth-order valence-corrected chi connectivity index (χ4v) is 5.18. The van der Waals surface area contributed by atoms with Crippen LogP contribution in [-0.2, 0) is 29.0 Å². The minimum atomic E-state index is -0.172. The Labute approximate surface area is 195 Å². The maximum Gasteiger partial charge on any atom is 0.306 e. The highest BCUT2D eigenvalue weighted by atomic mass is 16.5. The van der Waals surface area contributed by atoms with Gasteiger partial charge in [-0.2, -0.15) is 0 Å². The Balaban J connectivity index is 1.52. The van der Waals surface area contributed by atoms with Crippen molar-refractivity contribution in [3.05, 3.63) is 69.8 Å². The molecule has 2 atom stereocenters. The number of ether oxygens (including phenoxy) is 1. The molecule has 2 heterocycles. The van der Waals surface area contributed by atoms with Crippen LogP contribution in [0.1, 0.15) is 60.4 Å². The zero-order chi connectivity index (χ0) is 22.9. The van der Waals surface area contributed by atoms with Crippen molar-refractivity contribution < 1.29 is 9.53 Å². The van der Waals surface area contributed by atoms with Gasteiger partial charge in [0.1, 0.15) is 5.52 Å². The lowest BCUT2D eigenvalue weighted by molar-refractivity contribution is -0.143. The predicted octanol–water partition coefficient (Wildman–Crippen LogP) is 4.44. The van der Waals surface area contributed by atoms with Gasteiger partial charge in [0.25, 0.3) is 0 Å². The predicted molar refractivity (Wildman–Crippen MR) is 129 cm³/mol. The Morgan fingerprint density at radius 3 is 2.97 bits per heavy atom. The quantitative estimate of drug-likeness (QED) is 0.431. The van der Waals surface area contributed by atoms with Crippen LogP contribution in [0.25, 0.3) is 11.0 Å². The highest BCUT2D eigenvalue weighted by Crippen LogP contribution is 2.40. The van der Waals surface area contributed by atoms with Crippen LogP contribution in [0, 0.1) is 12.8 Å². The second kappa shape index (κ2) is 9.10. The van der Waals surface area contributed by atoms with Crippen LogP contribution in [0.15, 0.2) is 42.0 Å². The van der Waals surface area contributed by atoms with E-state index in [4.69, 9.17) is 4.74 Å². The lowest BCUT2D eigenvalue weighted by Gasteiger charge is -2.23. The number of allylic oxidation sites excluding steroid dienone is 2. The van der Waals surface area contributed by atoms with Crippen molar-refractivity contribution >= 4 is 17.0 Å². The number of aryl methyl sites for hydroxylation is 1. The van der Waals surface area contributed by atoms with E-state index in [9.17, 15) is 4.79 Å². The van der Waals surface area contributed by atoms with Crippen molar-refractivity contribution in [3.8, 4) is 0 Å². The second-order valence-electron chi connectivity index (χ2n) is 9.20. The molecule has 1 aliphatic heterocycles. The minimum Gasteiger partial charge on any atom is -0.466 e. The van der Waals surface area contributed by atoms with E-state index in [2.05, 4.69) is 65.9 Å². The Morgan fingerprint density at radius 1 is 1.30 bits per heavy atom. The SMILES string of the molecule is C/C=C1\CC1Cn1nnc2c(C)c(C(CC(=O)OCC)c3ccc4c(c3)CNCC4)ccc21. The highest BCUT2D eigenvalue weighted by Gasteiger charge is 2.30. The van der Waals surface area contributed by atoms with E-state index < -0.39 is 0 Å². The van der Waals surface area contributed by atoms with Gasteiger partial charge in [-0.3, -0.25) is 4.79 Å². The first kappa shape index (κ1) is 21.8. The Bertz CT molecular complexity index is 1230. The van der Waals surface area contributed by atoms with Crippen molar-refractivity contribution in [3.63, 3.8) is 0 Å². The zero-order valence-electron chi connectivity index (χ0n) is 19.7. The number of nitrogens with zero attached hydrogens (tertiary/aromatic N) is 3. The Hall–Kier alpha value is -2.99. The molecular weight excluding hydrogens is 412 g/mol. The summed E-state index contributed by atoms with van der Waals surface area (Å²) in [7, 11) is 0. The summed E-state index contributed by atoms with van der Waals surface area (Å²) in [6.07, 6.45) is 4.72. The summed E-state index contributed by atoms with van der Waals surface area (Å²) in [5.74, 6) is 0.332. The number of carbonyl (C=O) groups excluding carboxylic acids is 1. The van der Waals surface area contributed by atoms with Crippen LogP contribution in [-0.4, -0.2) is 34.1 Å².